The first-order chi connectivity index (χ1) is 7.25. The van der Waals surface area contributed by atoms with Gasteiger partial charge >= 0.3 is 0 Å². The van der Waals surface area contributed by atoms with Gasteiger partial charge in [0, 0.05) is 23.2 Å². The van der Waals surface area contributed by atoms with Gasteiger partial charge < -0.3 is 10.4 Å². The summed E-state index contributed by atoms with van der Waals surface area (Å²) in [5, 5.41) is 13.6. The second-order valence-corrected chi connectivity index (χ2v) is 4.49. The van der Waals surface area contributed by atoms with Crippen molar-refractivity contribution in [3.8, 4) is 5.75 Å². The Morgan fingerprint density at radius 3 is 2.87 bits per heavy atom. The molecule has 0 spiro atoms. The summed E-state index contributed by atoms with van der Waals surface area (Å²) in [5.41, 5.74) is 0.880. The summed E-state index contributed by atoms with van der Waals surface area (Å²) in [6, 6.07) is 7.29. The predicted molar refractivity (Wildman–Crippen MR) is 62.3 cm³/mol. The Hall–Kier alpha value is -1.55. The Bertz CT molecular complexity index is 453. The van der Waals surface area contributed by atoms with Crippen LogP contribution in [0.2, 0.25) is 0 Å². The molecule has 1 aromatic heterocycles. The van der Waals surface area contributed by atoms with Crippen molar-refractivity contribution in [2.45, 2.75) is 13.5 Å². The third kappa shape index (κ3) is 2.47. The van der Waals surface area contributed by atoms with E-state index in [1.54, 1.807) is 17.4 Å². The van der Waals surface area contributed by atoms with E-state index in [1.165, 1.54) is 4.88 Å². The molecule has 0 radical (unpaired) electrons. The number of aromatic hydroxyl groups is 1. The number of nitrogens with zero attached hydrogens (tertiary/aromatic N) is 1. The zero-order valence-electron chi connectivity index (χ0n) is 8.40. The average molecular weight is 220 g/mol. The fraction of sp³-hybridized carbons (Fsp3) is 0.182. The number of hydrogen-bond donors (Lipinski definition) is 2. The van der Waals surface area contributed by atoms with Crippen molar-refractivity contribution < 1.29 is 5.11 Å². The van der Waals surface area contributed by atoms with E-state index in [-0.39, 0.29) is 0 Å². The van der Waals surface area contributed by atoms with Gasteiger partial charge in [-0.25, -0.2) is 4.98 Å². The zero-order valence-corrected chi connectivity index (χ0v) is 9.21. The lowest BCUT2D eigenvalue weighted by Gasteiger charge is -2.04. The number of hydrogen-bond acceptors (Lipinski definition) is 4. The van der Waals surface area contributed by atoms with Crippen LogP contribution in [-0.2, 0) is 6.54 Å². The van der Waals surface area contributed by atoms with Crippen LogP contribution in [0.25, 0.3) is 0 Å². The molecule has 2 aromatic rings. The maximum Gasteiger partial charge on any atom is 0.183 e. The SMILES string of the molecule is Cc1cnc(NCc2ccccc2O)s1. The number of phenolic OH excluding ortho intramolecular Hbond substituents is 1. The van der Waals surface area contributed by atoms with E-state index in [9.17, 15) is 5.11 Å². The van der Waals surface area contributed by atoms with Gasteiger partial charge in [-0.05, 0) is 13.0 Å². The number of anilines is 1. The van der Waals surface area contributed by atoms with E-state index in [0.717, 1.165) is 10.7 Å². The Balaban J connectivity index is 2.02. The van der Waals surface area contributed by atoms with Crippen LogP contribution in [0.15, 0.2) is 30.5 Å². The van der Waals surface area contributed by atoms with Crippen molar-refractivity contribution in [2.75, 3.05) is 5.32 Å². The van der Waals surface area contributed by atoms with E-state index in [1.807, 2.05) is 31.3 Å². The van der Waals surface area contributed by atoms with Crippen LogP contribution < -0.4 is 5.32 Å². The van der Waals surface area contributed by atoms with Gasteiger partial charge in [0.05, 0.1) is 0 Å². The smallest absolute Gasteiger partial charge is 0.183 e. The van der Waals surface area contributed by atoms with Crippen LogP contribution in [-0.4, -0.2) is 10.1 Å². The summed E-state index contributed by atoms with van der Waals surface area (Å²) in [6.07, 6.45) is 1.83. The highest BCUT2D eigenvalue weighted by Gasteiger charge is 2.01. The van der Waals surface area contributed by atoms with E-state index in [4.69, 9.17) is 0 Å². The van der Waals surface area contributed by atoms with Crippen LogP contribution in [0.5, 0.6) is 5.75 Å². The summed E-state index contributed by atoms with van der Waals surface area (Å²) >= 11 is 1.61. The van der Waals surface area contributed by atoms with Crippen LogP contribution in [0.1, 0.15) is 10.4 Å². The highest BCUT2D eigenvalue weighted by Crippen LogP contribution is 2.20. The third-order valence-electron chi connectivity index (χ3n) is 2.04. The first-order valence-corrected chi connectivity index (χ1v) is 5.50. The van der Waals surface area contributed by atoms with Gasteiger partial charge in [0.1, 0.15) is 5.75 Å². The normalized spacial score (nSPS) is 10.2. The van der Waals surface area contributed by atoms with Crippen molar-refractivity contribution in [1.82, 2.24) is 4.98 Å². The molecule has 0 fully saturated rings. The lowest BCUT2D eigenvalue weighted by Crippen LogP contribution is -1.98. The molecule has 0 aliphatic carbocycles. The summed E-state index contributed by atoms with van der Waals surface area (Å²) in [5.74, 6) is 0.318. The molecule has 1 aromatic carbocycles. The van der Waals surface area contributed by atoms with E-state index in [0.29, 0.717) is 12.3 Å². The average Bonchev–Trinajstić information content (AvgIpc) is 2.63. The number of aromatic nitrogens is 1. The van der Waals surface area contributed by atoms with Crippen molar-refractivity contribution in [2.24, 2.45) is 0 Å². The minimum Gasteiger partial charge on any atom is -0.508 e. The maximum atomic E-state index is 9.54. The maximum absolute atomic E-state index is 9.54. The van der Waals surface area contributed by atoms with Gasteiger partial charge in [0.15, 0.2) is 5.13 Å². The molecule has 2 rings (SSSR count). The second kappa shape index (κ2) is 4.31. The second-order valence-electron chi connectivity index (χ2n) is 3.26. The summed E-state index contributed by atoms with van der Waals surface area (Å²) in [7, 11) is 0. The lowest BCUT2D eigenvalue weighted by molar-refractivity contribution is 0.469. The molecule has 3 nitrogen and oxygen atoms in total. The zero-order chi connectivity index (χ0) is 10.7. The summed E-state index contributed by atoms with van der Waals surface area (Å²) in [4.78, 5) is 5.36. The number of aryl methyl sites for hydroxylation is 1. The van der Waals surface area contributed by atoms with Crippen molar-refractivity contribution in [3.63, 3.8) is 0 Å². The van der Waals surface area contributed by atoms with Crippen molar-refractivity contribution >= 4 is 16.5 Å². The Kier molecular flexibility index (Phi) is 2.87. The first kappa shape index (κ1) is 9.98. The molecule has 2 N–H and O–H groups in total. The molecule has 0 aliphatic heterocycles. The monoisotopic (exact) mass is 220 g/mol. The number of benzene rings is 1. The highest BCUT2D eigenvalue weighted by molar-refractivity contribution is 7.15. The van der Waals surface area contributed by atoms with Gasteiger partial charge in [0.2, 0.25) is 0 Å². The molecule has 4 heteroatoms. The Morgan fingerprint density at radius 2 is 2.20 bits per heavy atom. The predicted octanol–water partition coefficient (Wildman–Crippen LogP) is 2.77. The van der Waals surface area contributed by atoms with Gasteiger partial charge in [0.25, 0.3) is 0 Å². The molecule has 0 aliphatic rings. The molecule has 0 unspecified atom stereocenters. The molecule has 0 atom stereocenters. The van der Waals surface area contributed by atoms with E-state index >= 15 is 0 Å². The number of thiazole rings is 1. The summed E-state index contributed by atoms with van der Waals surface area (Å²) in [6.45, 7) is 2.61. The molecule has 78 valence electrons. The fourth-order valence-corrected chi connectivity index (χ4v) is 1.93. The van der Waals surface area contributed by atoms with Gasteiger partial charge in [-0.1, -0.05) is 18.2 Å². The van der Waals surface area contributed by atoms with Crippen molar-refractivity contribution in [3.05, 3.63) is 40.9 Å². The van der Waals surface area contributed by atoms with E-state index < -0.39 is 0 Å². The fourth-order valence-electron chi connectivity index (χ4n) is 1.27. The Labute approximate surface area is 92.4 Å². The topological polar surface area (TPSA) is 45.2 Å². The van der Waals surface area contributed by atoms with Gasteiger partial charge in [-0.3, -0.25) is 0 Å². The number of phenols is 1. The molecule has 15 heavy (non-hydrogen) atoms. The van der Waals surface area contributed by atoms with Crippen LogP contribution in [0.3, 0.4) is 0 Å². The molecule has 1 heterocycles. The molecular weight excluding hydrogens is 208 g/mol. The minimum absolute atomic E-state index is 0.318. The molecule has 0 amide bonds. The Morgan fingerprint density at radius 1 is 1.40 bits per heavy atom. The molecule has 0 saturated heterocycles. The molecule has 0 saturated carbocycles. The van der Waals surface area contributed by atoms with Crippen LogP contribution in [0.4, 0.5) is 5.13 Å². The quantitative estimate of drug-likeness (QED) is 0.836. The number of rotatable bonds is 3. The number of nitrogens with one attached hydrogen (secondary N) is 1. The minimum atomic E-state index is 0.318. The van der Waals surface area contributed by atoms with Gasteiger partial charge in [-0.15, -0.1) is 11.3 Å². The van der Waals surface area contributed by atoms with Crippen LogP contribution in [0, 0.1) is 6.92 Å². The third-order valence-corrected chi connectivity index (χ3v) is 2.91. The molecule has 0 bridgehead atoms. The lowest BCUT2D eigenvalue weighted by atomic mass is 10.2. The number of para-hydroxylation sites is 1. The van der Waals surface area contributed by atoms with E-state index in [2.05, 4.69) is 10.3 Å². The van der Waals surface area contributed by atoms with Gasteiger partial charge in [-0.2, -0.15) is 0 Å². The standard InChI is InChI=1S/C11H12N2OS/c1-8-6-12-11(15-8)13-7-9-4-2-3-5-10(9)14/h2-6,14H,7H2,1H3,(H,12,13). The summed E-state index contributed by atoms with van der Waals surface area (Å²) < 4.78 is 0. The molecular formula is C11H12N2OS. The van der Waals surface area contributed by atoms with Crippen molar-refractivity contribution in [1.29, 1.82) is 0 Å². The first-order valence-electron chi connectivity index (χ1n) is 4.69. The highest BCUT2D eigenvalue weighted by atomic mass is 32.1. The largest absolute Gasteiger partial charge is 0.508 e. The van der Waals surface area contributed by atoms with Crippen LogP contribution >= 0.6 is 11.3 Å².